The van der Waals surface area contributed by atoms with Gasteiger partial charge >= 0.3 is 6.09 Å². The fourth-order valence-electron chi connectivity index (χ4n) is 1.67. The molecule has 0 aromatic heterocycles. The zero-order valence-corrected chi connectivity index (χ0v) is 8.97. The third-order valence-corrected chi connectivity index (χ3v) is 2.79. The van der Waals surface area contributed by atoms with E-state index in [2.05, 4.69) is 0 Å². The molecule has 0 unspecified atom stereocenters. The van der Waals surface area contributed by atoms with Crippen molar-refractivity contribution in [1.82, 2.24) is 4.90 Å². The summed E-state index contributed by atoms with van der Waals surface area (Å²) in [4.78, 5) is 33.0. The van der Waals surface area contributed by atoms with Gasteiger partial charge in [0.2, 0.25) is 0 Å². The molecular weight excluding hydrogens is 252 g/mol. The second-order valence-electron chi connectivity index (χ2n) is 3.35. The molecule has 1 heterocycles. The molecule has 8 heteroatoms. The molecule has 0 atom stereocenters. The number of rotatable bonds is 1. The Morgan fingerprint density at radius 2 is 2.18 bits per heavy atom. The van der Waals surface area contributed by atoms with Crippen LogP contribution in [-0.2, 0) is 6.54 Å². The maximum absolute atomic E-state index is 11.7. The van der Waals surface area contributed by atoms with Crippen LogP contribution in [0.15, 0.2) is 12.1 Å². The number of amides is 2. The summed E-state index contributed by atoms with van der Waals surface area (Å²) in [7, 11) is 0. The van der Waals surface area contributed by atoms with E-state index in [4.69, 9.17) is 16.7 Å². The van der Waals surface area contributed by atoms with E-state index in [-0.39, 0.29) is 22.7 Å². The zero-order chi connectivity index (χ0) is 12.7. The van der Waals surface area contributed by atoms with Crippen LogP contribution in [0.5, 0.6) is 0 Å². The van der Waals surface area contributed by atoms with Crippen molar-refractivity contribution >= 4 is 29.3 Å². The van der Waals surface area contributed by atoms with Gasteiger partial charge in [0.15, 0.2) is 0 Å². The maximum Gasteiger partial charge on any atom is 0.414 e. The third-order valence-electron chi connectivity index (χ3n) is 2.44. The van der Waals surface area contributed by atoms with E-state index in [0.717, 1.165) is 6.07 Å². The van der Waals surface area contributed by atoms with Crippen LogP contribution < -0.4 is 0 Å². The lowest BCUT2D eigenvalue weighted by Gasteiger charge is -2.06. The summed E-state index contributed by atoms with van der Waals surface area (Å²) in [5, 5.41) is 19.6. The van der Waals surface area contributed by atoms with Crippen LogP contribution in [0.4, 0.5) is 10.5 Å². The van der Waals surface area contributed by atoms with Crippen molar-refractivity contribution in [3.63, 3.8) is 0 Å². The fourth-order valence-corrected chi connectivity index (χ4v) is 1.89. The van der Waals surface area contributed by atoms with Gasteiger partial charge in [0.05, 0.1) is 11.5 Å². The van der Waals surface area contributed by atoms with Gasteiger partial charge in [0.25, 0.3) is 11.6 Å². The second-order valence-corrected chi connectivity index (χ2v) is 3.76. The second kappa shape index (κ2) is 3.70. The van der Waals surface area contributed by atoms with E-state index < -0.39 is 22.6 Å². The van der Waals surface area contributed by atoms with Crippen LogP contribution in [0.1, 0.15) is 15.9 Å². The van der Waals surface area contributed by atoms with Crippen LogP contribution in [0.2, 0.25) is 5.02 Å². The number of imide groups is 1. The molecular formula is C9H5ClN2O5. The predicted octanol–water partition coefficient (Wildman–Crippen LogP) is 1.88. The molecule has 1 aliphatic heterocycles. The molecule has 2 rings (SSSR count). The highest BCUT2D eigenvalue weighted by Gasteiger charge is 2.39. The lowest BCUT2D eigenvalue weighted by atomic mass is 10.1. The Morgan fingerprint density at radius 1 is 1.53 bits per heavy atom. The van der Waals surface area contributed by atoms with Crippen LogP contribution >= 0.6 is 11.6 Å². The minimum absolute atomic E-state index is 0.141. The average molecular weight is 257 g/mol. The number of carbonyl (C=O) groups is 2. The van der Waals surface area contributed by atoms with Gasteiger partial charge in [0, 0.05) is 16.7 Å². The SMILES string of the molecule is O=C(O)N1Cc2c(Cl)ccc([N+](=O)[O-])c2C1=O. The molecule has 1 aromatic rings. The highest BCUT2D eigenvalue weighted by Crippen LogP contribution is 2.35. The summed E-state index contributed by atoms with van der Waals surface area (Å²) in [6.45, 7) is -0.260. The molecule has 0 fully saturated rings. The van der Waals surface area contributed by atoms with E-state index >= 15 is 0 Å². The van der Waals surface area contributed by atoms with Crippen LogP contribution in [-0.4, -0.2) is 26.9 Å². The Morgan fingerprint density at radius 3 is 2.71 bits per heavy atom. The Kier molecular flexibility index (Phi) is 2.47. The van der Waals surface area contributed by atoms with Crippen molar-refractivity contribution in [2.45, 2.75) is 6.54 Å². The Labute approximate surface area is 99.4 Å². The number of nitro benzene ring substituents is 1. The number of hydrogen-bond donors (Lipinski definition) is 1. The van der Waals surface area contributed by atoms with E-state index in [1.54, 1.807) is 0 Å². The van der Waals surface area contributed by atoms with Gasteiger partial charge in [-0.3, -0.25) is 14.9 Å². The van der Waals surface area contributed by atoms with Crippen molar-refractivity contribution in [2.75, 3.05) is 0 Å². The molecule has 1 aromatic carbocycles. The van der Waals surface area contributed by atoms with Crippen molar-refractivity contribution in [3.8, 4) is 0 Å². The summed E-state index contributed by atoms with van der Waals surface area (Å²) in [5.74, 6) is -0.915. The van der Waals surface area contributed by atoms with Gasteiger partial charge in [-0.1, -0.05) is 11.6 Å². The first-order chi connectivity index (χ1) is 7.93. The molecule has 0 spiro atoms. The van der Waals surface area contributed by atoms with Gasteiger partial charge in [-0.15, -0.1) is 0 Å². The molecule has 0 saturated heterocycles. The lowest BCUT2D eigenvalue weighted by Crippen LogP contribution is -2.29. The number of nitro groups is 1. The lowest BCUT2D eigenvalue weighted by molar-refractivity contribution is -0.385. The number of carbonyl (C=O) groups excluding carboxylic acids is 1. The van der Waals surface area contributed by atoms with Crippen LogP contribution in [0.3, 0.4) is 0 Å². The smallest absolute Gasteiger partial charge is 0.414 e. The first kappa shape index (κ1) is 11.3. The molecule has 0 saturated carbocycles. The Bertz CT molecular complexity index is 557. The number of halogens is 1. The van der Waals surface area contributed by atoms with E-state index in [1.807, 2.05) is 0 Å². The fraction of sp³-hybridized carbons (Fsp3) is 0.111. The third kappa shape index (κ3) is 1.60. The summed E-state index contributed by atoms with van der Waals surface area (Å²) >= 11 is 5.79. The minimum atomic E-state index is -1.46. The summed E-state index contributed by atoms with van der Waals surface area (Å²) in [6.07, 6.45) is -1.46. The summed E-state index contributed by atoms with van der Waals surface area (Å²) in [6, 6.07) is 2.36. The molecule has 7 nitrogen and oxygen atoms in total. The van der Waals surface area contributed by atoms with E-state index in [1.165, 1.54) is 6.07 Å². The van der Waals surface area contributed by atoms with Gasteiger partial charge in [-0.2, -0.15) is 0 Å². The van der Waals surface area contributed by atoms with Gasteiger partial charge < -0.3 is 5.11 Å². The van der Waals surface area contributed by atoms with Crippen molar-refractivity contribution < 1.29 is 19.6 Å². The number of nitrogens with zero attached hydrogens (tertiary/aromatic N) is 2. The topological polar surface area (TPSA) is 101 Å². The number of fused-ring (bicyclic) bond motifs is 1. The molecule has 17 heavy (non-hydrogen) atoms. The highest BCUT2D eigenvalue weighted by molar-refractivity contribution is 6.32. The molecule has 0 bridgehead atoms. The van der Waals surface area contributed by atoms with Gasteiger partial charge in [0.1, 0.15) is 5.56 Å². The highest BCUT2D eigenvalue weighted by atomic mass is 35.5. The van der Waals surface area contributed by atoms with E-state index in [0.29, 0.717) is 4.90 Å². The summed E-state index contributed by atoms with van der Waals surface area (Å²) < 4.78 is 0. The van der Waals surface area contributed by atoms with Crippen molar-refractivity contribution in [1.29, 1.82) is 0 Å². The molecule has 0 aliphatic carbocycles. The standard InChI is InChI=1S/C9H5ClN2O5/c10-5-1-2-6(12(16)17)7-4(5)3-11(8(7)13)9(14)15/h1-2H,3H2,(H,14,15). The van der Waals surface area contributed by atoms with Crippen LogP contribution in [0, 0.1) is 10.1 Å². The monoisotopic (exact) mass is 256 g/mol. The minimum Gasteiger partial charge on any atom is -0.465 e. The largest absolute Gasteiger partial charge is 0.465 e. The van der Waals surface area contributed by atoms with Crippen molar-refractivity contribution in [2.24, 2.45) is 0 Å². The molecule has 2 amide bonds. The number of carboxylic acid groups (broad SMARTS) is 1. The molecule has 1 aliphatic rings. The maximum atomic E-state index is 11.7. The zero-order valence-electron chi connectivity index (χ0n) is 8.21. The van der Waals surface area contributed by atoms with Crippen LogP contribution in [0.25, 0.3) is 0 Å². The van der Waals surface area contributed by atoms with E-state index in [9.17, 15) is 19.7 Å². The summed E-state index contributed by atoms with van der Waals surface area (Å²) in [5.41, 5.74) is -0.503. The first-order valence-electron chi connectivity index (χ1n) is 4.44. The van der Waals surface area contributed by atoms with Crippen molar-refractivity contribution in [3.05, 3.63) is 38.4 Å². The predicted molar refractivity (Wildman–Crippen MR) is 56.0 cm³/mol. The Hall–Kier alpha value is -2.15. The normalized spacial score (nSPS) is 13.7. The average Bonchev–Trinajstić information content (AvgIpc) is 2.58. The molecule has 1 N–H and O–H groups in total. The number of hydrogen-bond acceptors (Lipinski definition) is 4. The molecule has 0 radical (unpaired) electrons. The quantitative estimate of drug-likeness (QED) is 0.611. The molecule has 88 valence electrons. The first-order valence-corrected chi connectivity index (χ1v) is 4.82. The Balaban J connectivity index is 2.64. The van der Waals surface area contributed by atoms with Gasteiger partial charge in [-0.05, 0) is 6.07 Å². The van der Waals surface area contributed by atoms with Gasteiger partial charge in [-0.25, -0.2) is 9.69 Å². The number of benzene rings is 1.